The van der Waals surface area contributed by atoms with Crippen molar-refractivity contribution in [3.63, 3.8) is 0 Å². The normalized spacial score (nSPS) is 22.0. The first-order valence-corrected chi connectivity index (χ1v) is 9.11. The van der Waals surface area contributed by atoms with Crippen LogP contribution in [0.25, 0.3) is 0 Å². The van der Waals surface area contributed by atoms with Crippen molar-refractivity contribution in [2.45, 2.75) is 24.1 Å². The second kappa shape index (κ2) is 6.18. The summed E-state index contributed by atoms with van der Waals surface area (Å²) in [6.45, 7) is 1.29. The number of nitrogens with zero attached hydrogens (tertiary/aromatic N) is 2. The summed E-state index contributed by atoms with van der Waals surface area (Å²) in [6.07, 6.45) is 1.44. The van der Waals surface area contributed by atoms with E-state index in [1.165, 1.54) is 28.6 Å². The second-order valence-electron chi connectivity index (χ2n) is 5.97. The molecule has 1 aliphatic carbocycles. The fourth-order valence-electron chi connectivity index (χ4n) is 2.95. The molecular weight excluding hydrogens is 323 g/mol. The molecule has 0 spiro atoms. The van der Waals surface area contributed by atoms with Crippen LogP contribution in [0.3, 0.4) is 0 Å². The van der Waals surface area contributed by atoms with Crippen molar-refractivity contribution in [1.29, 1.82) is 0 Å². The quantitative estimate of drug-likeness (QED) is 0.866. The highest BCUT2D eigenvalue weighted by Crippen LogP contribution is 2.32. The number of carbonyl (C=O) groups is 1. The van der Waals surface area contributed by atoms with E-state index in [1.807, 2.05) is 0 Å². The van der Waals surface area contributed by atoms with Gasteiger partial charge in [0.05, 0.1) is 5.25 Å². The molecule has 0 radical (unpaired) electrons. The van der Waals surface area contributed by atoms with Gasteiger partial charge in [0.25, 0.3) is 0 Å². The monoisotopic (exact) mass is 342 g/mol. The van der Waals surface area contributed by atoms with Crippen molar-refractivity contribution >= 4 is 16.0 Å². The lowest BCUT2D eigenvalue weighted by Gasteiger charge is -2.37. The van der Waals surface area contributed by atoms with Gasteiger partial charge in [-0.15, -0.1) is 0 Å². The number of sulfonamides is 1. The van der Waals surface area contributed by atoms with Crippen LogP contribution in [0.15, 0.2) is 24.3 Å². The highest BCUT2D eigenvalue weighted by Gasteiger charge is 2.42. The van der Waals surface area contributed by atoms with Crippen LogP contribution in [0, 0.1) is 5.82 Å². The fraction of sp³-hybridized carbons (Fsp3) is 0.533. The molecule has 6 nitrogen and oxygen atoms in total. The molecule has 1 unspecified atom stereocenters. The van der Waals surface area contributed by atoms with Gasteiger partial charge in [-0.3, -0.25) is 9.69 Å². The van der Waals surface area contributed by atoms with Crippen molar-refractivity contribution < 1.29 is 22.7 Å². The third-order valence-corrected chi connectivity index (χ3v) is 6.76. The van der Waals surface area contributed by atoms with Gasteiger partial charge in [-0.2, -0.15) is 4.31 Å². The van der Waals surface area contributed by atoms with Crippen LogP contribution < -0.4 is 0 Å². The van der Waals surface area contributed by atoms with E-state index in [4.69, 9.17) is 0 Å². The van der Waals surface area contributed by atoms with E-state index >= 15 is 0 Å². The number of benzene rings is 1. The Hall–Kier alpha value is -1.51. The summed E-state index contributed by atoms with van der Waals surface area (Å²) in [5.74, 6) is -1.44. The zero-order valence-electron chi connectivity index (χ0n) is 12.6. The van der Waals surface area contributed by atoms with Crippen LogP contribution >= 0.6 is 0 Å². The highest BCUT2D eigenvalue weighted by atomic mass is 32.2. The smallest absolute Gasteiger partial charge is 0.325 e. The lowest BCUT2D eigenvalue weighted by atomic mass is 10.0. The van der Waals surface area contributed by atoms with Crippen molar-refractivity contribution in [2.24, 2.45) is 0 Å². The van der Waals surface area contributed by atoms with Gasteiger partial charge in [0, 0.05) is 26.2 Å². The third kappa shape index (κ3) is 3.39. The number of piperazine rings is 1. The zero-order chi connectivity index (χ0) is 16.6. The number of rotatable bonds is 5. The van der Waals surface area contributed by atoms with Gasteiger partial charge in [-0.25, -0.2) is 12.8 Å². The molecule has 1 aromatic carbocycles. The summed E-state index contributed by atoms with van der Waals surface area (Å²) in [4.78, 5) is 13.3. The van der Waals surface area contributed by atoms with E-state index in [0.29, 0.717) is 31.7 Å². The number of hydrogen-bond donors (Lipinski definition) is 1. The van der Waals surface area contributed by atoms with Gasteiger partial charge >= 0.3 is 5.97 Å². The molecule has 0 aromatic heterocycles. The number of aliphatic carboxylic acids is 1. The van der Waals surface area contributed by atoms with Crippen molar-refractivity contribution in [3.05, 3.63) is 35.6 Å². The molecule has 1 heterocycles. The second-order valence-corrected chi connectivity index (χ2v) is 8.18. The van der Waals surface area contributed by atoms with E-state index in [0.717, 1.165) is 12.8 Å². The van der Waals surface area contributed by atoms with E-state index in [2.05, 4.69) is 0 Å². The minimum absolute atomic E-state index is 0.249. The topological polar surface area (TPSA) is 77.9 Å². The molecular formula is C15H19FN2O4S. The van der Waals surface area contributed by atoms with Crippen LogP contribution in [0.4, 0.5) is 4.39 Å². The Balaban J connectivity index is 1.71. The molecule has 8 heteroatoms. The molecule has 2 fully saturated rings. The van der Waals surface area contributed by atoms with Crippen LogP contribution in [0.5, 0.6) is 0 Å². The van der Waals surface area contributed by atoms with Gasteiger partial charge in [0.15, 0.2) is 0 Å². The summed E-state index contributed by atoms with van der Waals surface area (Å²) >= 11 is 0. The Labute approximate surface area is 134 Å². The molecule has 23 heavy (non-hydrogen) atoms. The molecule has 3 rings (SSSR count). The molecule has 0 bridgehead atoms. The molecule has 1 saturated carbocycles. The standard InChI is InChI=1S/C15H19FN2O4S/c16-12-3-1-11(2-4-12)14(15(19)20)17-7-9-18(10-8-17)23(21,22)13-5-6-13/h1-4,13-14H,5-10H2,(H,19,20). The zero-order valence-corrected chi connectivity index (χ0v) is 13.4. The Morgan fingerprint density at radius 1 is 1.13 bits per heavy atom. The van der Waals surface area contributed by atoms with Crippen LogP contribution in [-0.4, -0.2) is 60.1 Å². The molecule has 1 aromatic rings. The highest BCUT2D eigenvalue weighted by molar-refractivity contribution is 7.90. The molecule has 2 aliphatic rings. The first-order valence-electron chi connectivity index (χ1n) is 7.61. The van der Waals surface area contributed by atoms with Crippen molar-refractivity contribution in [3.8, 4) is 0 Å². The Morgan fingerprint density at radius 3 is 2.17 bits per heavy atom. The Kier molecular flexibility index (Phi) is 4.39. The maximum Gasteiger partial charge on any atom is 0.325 e. The van der Waals surface area contributed by atoms with E-state index in [1.54, 1.807) is 4.90 Å². The SMILES string of the molecule is O=C(O)C(c1ccc(F)cc1)N1CCN(S(=O)(=O)C2CC2)CC1. The van der Waals surface area contributed by atoms with E-state index in [-0.39, 0.29) is 5.25 Å². The van der Waals surface area contributed by atoms with Gasteiger partial charge in [-0.1, -0.05) is 12.1 Å². The number of halogens is 1. The Bertz CT molecular complexity index is 680. The maximum absolute atomic E-state index is 13.0. The predicted octanol–water partition coefficient (Wildman–Crippen LogP) is 1.06. The molecule has 1 saturated heterocycles. The first-order chi connectivity index (χ1) is 10.9. The predicted molar refractivity (Wildman–Crippen MR) is 81.9 cm³/mol. The van der Waals surface area contributed by atoms with E-state index < -0.39 is 27.9 Å². The summed E-state index contributed by atoms with van der Waals surface area (Å²) in [6, 6.07) is 4.50. The summed E-state index contributed by atoms with van der Waals surface area (Å²) < 4.78 is 38.9. The van der Waals surface area contributed by atoms with Gasteiger partial charge < -0.3 is 5.11 Å². The Morgan fingerprint density at radius 2 is 1.70 bits per heavy atom. The summed E-state index contributed by atoms with van der Waals surface area (Å²) in [5, 5.41) is 9.26. The fourth-order valence-corrected chi connectivity index (χ4v) is 4.77. The minimum Gasteiger partial charge on any atom is -0.480 e. The lowest BCUT2D eigenvalue weighted by Crippen LogP contribution is -2.51. The van der Waals surface area contributed by atoms with Crippen LogP contribution in [-0.2, 0) is 14.8 Å². The maximum atomic E-state index is 13.0. The van der Waals surface area contributed by atoms with Gasteiger partial charge in [0.2, 0.25) is 10.0 Å². The largest absolute Gasteiger partial charge is 0.480 e. The summed E-state index contributed by atoms with van der Waals surface area (Å²) in [7, 11) is -3.22. The van der Waals surface area contributed by atoms with Crippen LogP contribution in [0.1, 0.15) is 24.4 Å². The number of carboxylic acids is 1. The molecule has 126 valence electrons. The lowest BCUT2D eigenvalue weighted by molar-refractivity contribution is -0.144. The molecule has 1 atom stereocenters. The third-order valence-electron chi connectivity index (χ3n) is 4.36. The number of carboxylic acid groups (broad SMARTS) is 1. The summed E-state index contributed by atoms with van der Waals surface area (Å²) in [5.41, 5.74) is 0.498. The average Bonchev–Trinajstić information content (AvgIpc) is 3.35. The minimum atomic E-state index is -3.22. The first kappa shape index (κ1) is 16.4. The van der Waals surface area contributed by atoms with Gasteiger partial charge in [-0.05, 0) is 30.5 Å². The van der Waals surface area contributed by atoms with Crippen molar-refractivity contribution in [1.82, 2.24) is 9.21 Å². The molecule has 1 aliphatic heterocycles. The van der Waals surface area contributed by atoms with Crippen molar-refractivity contribution in [2.75, 3.05) is 26.2 Å². The molecule has 1 N–H and O–H groups in total. The average molecular weight is 342 g/mol. The van der Waals surface area contributed by atoms with Gasteiger partial charge in [0.1, 0.15) is 11.9 Å². The van der Waals surface area contributed by atoms with Crippen LogP contribution in [0.2, 0.25) is 0 Å². The molecule has 0 amide bonds. The van der Waals surface area contributed by atoms with E-state index in [9.17, 15) is 22.7 Å². The number of hydrogen-bond acceptors (Lipinski definition) is 4.